The third-order valence-corrected chi connectivity index (χ3v) is 3.25. The molecule has 2 aromatic rings. The minimum Gasteiger partial charge on any atom is -0.487 e. The molecular formula is C16H15Cl2NO3. The summed E-state index contributed by atoms with van der Waals surface area (Å²) in [6, 6.07) is 14.1. The van der Waals surface area contributed by atoms with Crippen LogP contribution in [0.2, 0.25) is 10.0 Å². The van der Waals surface area contributed by atoms with E-state index < -0.39 is 6.09 Å². The van der Waals surface area contributed by atoms with Gasteiger partial charge in [0.1, 0.15) is 18.5 Å². The molecule has 1 N–H and O–H groups in total. The number of halogens is 2. The number of benzene rings is 2. The first kappa shape index (κ1) is 16.5. The lowest BCUT2D eigenvalue weighted by Gasteiger charge is -2.15. The molecule has 0 bridgehead atoms. The van der Waals surface area contributed by atoms with Crippen LogP contribution in [0.1, 0.15) is 6.92 Å². The van der Waals surface area contributed by atoms with E-state index in [-0.39, 0.29) is 12.7 Å². The Morgan fingerprint density at radius 2 is 1.91 bits per heavy atom. The van der Waals surface area contributed by atoms with Crippen LogP contribution in [0.5, 0.6) is 5.75 Å². The highest BCUT2D eigenvalue weighted by atomic mass is 35.5. The van der Waals surface area contributed by atoms with E-state index in [4.69, 9.17) is 32.7 Å². The van der Waals surface area contributed by atoms with Gasteiger partial charge in [0.2, 0.25) is 0 Å². The van der Waals surface area contributed by atoms with Crippen molar-refractivity contribution in [2.24, 2.45) is 0 Å². The standard InChI is InChI=1S/C16H15Cl2NO3/c1-11(22-13-5-3-2-4-6-13)10-21-16(20)19-15-8-7-12(17)9-14(15)18/h2-9,11H,10H2,1H3,(H,19,20). The fourth-order valence-corrected chi connectivity index (χ4v) is 2.15. The Kier molecular flexibility index (Phi) is 5.92. The number of amides is 1. The summed E-state index contributed by atoms with van der Waals surface area (Å²) in [6.45, 7) is 1.93. The van der Waals surface area contributed by atoms with E-state index in [0.717, 1.165) is 5.75 Å². The number of carbonyl (C=O) groups is 1. The largest absolute Gasteiger partial charge is 0.487 e. The topological polar surface area (TPSA) is 47.6 Å². The Morgan fingerprint density at radius 3 is 2.59 bits per heavy atom. The third kappa shape index (κ3) is 5.13. The van der Waals surface area contributed by atoms with Crippen molar-refractivity contribution in [1.82, 2.24) is 0 Å². The Labute approximate surface area is 138 Å². The van der Waals surface area contributed by atoms with Gasteiger partial charge in [-0.2, -0.15) is 0 Å². The minimum absolute atomic E-state index is 0.117. The van der Waals surface area contributed by atoms with Gasteiger partial charge in [-0.1, -0.05) is 41.4 Å². The molecular weight excluding hydrogens is 325 g/mol. The summed E-state index contributed by atoms with van der Waals surface area (Å²) < 4.78 is 10.7. The fraction of sp³-hybridized carbons (Fsp3) is 0.188. The van der Waals surface area contributed by atoms with E-state index >= 15 is 0 Å². The molecule has 6 heteroatoms. The highest BCUT2D eigenvalue weighted by Gasteiger charge is 2.10. The Hall–Kier alpha value is -1.91. The summed E-state index contributed by atoms with van der Waals surface area (Å²) in [6.07, 6.45) is -0.874. The maximum absolute atomic E-state index is 11.7. The molecule has 0 aliphatic carbocycles. The number of nitrogens with one attached hydrogen (secondary N) is 1. The molecule has 1 unspecified atom stereocenters. The molecule has 0 saturated carbocycles. The summed E-state index contributed by atoms with van der Waals surface area (Å²) in [7, 11) is 0. The van der Waals surface area contributed by atoms with Crippen molar-refractivity contribution >= 4 is 35.0 Å². The summed E-state index contributed by atoms with van der Waals surface area (Å²) >= 11 is 11.8. The van der Waals surface area contributed by atoms with Gasteiger partial charge in [0.15, 0.2) is 0 Å². The first-order valence-electron chi connectivity index (χ1n) is 6.65. The SMILES string of the molecule is CC(COC(=O)Nc1ccc(Cl)cc1Cl)Oc1ccccc1. The van der Waals surface area contributed by atoms with Crippen molar-refractivity contribution in [3.63, 3.8) is 0 Å². The van der Waals surface area contributed by atoms with Crippen molar-refractivity contribution in [2.75, 3.05) is 11.9 Å². The van der Waals surface area contributed by atoms with Gasteiger partial charge >= 0.3 is 6.09 Å². The normalized spacial score (nSPS) is 11.6. The molecule has 4 nitrogen and oxygen atoms in total. The summed E-state index contributed by atoms with van der Waals surface area (Å²) in [5.74, 6) is 0.722. The van der Waals surface area contributed by atoms with Gasteiger partial charge in [-0.25, -0.2) is 4.79 Å². The van der Waals surface area contributed by atoms with Crippen LogP contribution in [-0.4, -0.2) is 18.8 Å². The predicted octanol–water partition coefficient (Wildman–Crippen LogP) is 5.01. The van der Waals surface area contributed by atoms with E-state index in [1.54, 1.807) is 18.2 Å². The molecule has 0 heterocycles. The van der Waals surface area contributed by atoms with Crippen molar-refractivity contribution in [3.8, 4) is 5.75 Å². The Morgan fingerprint density at radius 1 is 1.18 bits per heavy atom. The molecule has 0 fully saturated rings. The number of para-hydroxylation sites is 1. The monoisotopic (exact) mass is 339 g/mol. The lowest BCUT2D eigenvalue weighted by Crippen LogP contribution is -2.24. The highest BCUT2D eigenvalue weighted by molar-refractivity contribution is 6.36. The van der Waals surface area contributed by atoms with Gasteiger partial charge in [0.25, 0.3) is 0 Å². The Balaban J connectivity index is 1.80. The van der Waals surface area contributed by atoms with Crippen LogP contribution in [-0.2, 0) is 4.74 Å². The van der Waals surface area contributed by atoms with Crippen LogP contribution in [0, 0.1) is 0 Å². The van der Waals surface area contributed by atoms with Gasteiger partial charge in [-0.3, -0.25) is 5.32 Å². The molecule has 1 atom stereocenters. The molecule has 22 heavy (non-hydrogen) atoms. The van der Waals surface area contributed by atoms with Crippen LogP contribution < -0.4 is 10.1 Å². The van der Waals surface area contributed by atoms with Crippen LogP contribution >= 0.6 is 23.2 Å². The molecule has 2 rings (SSSR count). The van der Waals surface area contributed by atoms with E-state index in [1.165, 1.54) is 0 Å². The molecule has 0 spiro atoms. The predicted molar refractivity (Wildman–Crippen MR) is 88.0 cm³/mol. The number of hydrogen-bond acceptors (Lipinski definition) is 3. The first-order valence-corrected chi connectivity index (χ1v) is 7.40. The third-order valence-electron chi connectivity index (χ3n) is 2.70. The second kappa shape index (κ2) is 7.92. The maximum atomic E-state index is 11.7. The summed E-state index contributed by atoms with van der Waals surface area (Å²) in [5.41, 5.74) is 0.438. The average molecular weight is 340 g/mol. The molecule has 0 radical (unpaired) electrons. The van der Waals surface area contributed by atoms with Gasteiger partial charge in [-0.05, 0) is 37.3 Å². The van der Waals surface area contributed by atoms with Crippen LogP contribution in [0.3, 0.4) is 0 Å². The van der Waals surface area contributed by atoms with E-state index in [1.807, 2.05) is 37.3 Å². The van der Waals surface area contributed by atoms with Crippen molar-refractivity contribution in [1.29, 1.82) is 0 Å². The highest BCUT2D eigenvalue weighted by Crippen LogP contribution is 2.25. The van der Waals surface area contributed by atoms with Crippen molar-refractivity contribution < 1.29 is 14.3 Å². The zero-order chi connectivity index (χ0) is 15.9. The Bertz CT molecular complexity index is 635. The molecule has 116 valence electrons. The number of rotatable bonds is 5. The number of hydrogen-bond donors (Lipinski definition) is 1. The maximum Gasteiger partial charge on any atom is 0.411 e. The van der Waals surface area contributed by atoms with Gasteiger partial charge in [0.05, 0.1) is 10.7 Å². The number of carbonyl (C=O) groups excluding carboxylic acids is 1. The molecule has 1 amide bonds. The van der Waals surface area contributed by atoms with Gasteiger partial charge in [-0.15, -0.1) is 0 Å². The average Bonchev–Trinajstić information content (AvgIpc) is 2.49. The molecule has 0 saturated heterocycles. The minimum atomic E-state index is -0.604. The van der Waals surface area contributed by atoms with Crippen LogP contribution in [0.4, 0.5) is 10.5 Å². The van der Waals surface area contributed by atoms with Crippen molar-refractivity contribution in [3.05, 3.63) is 58.6 Å². The van der Waals surface area contributed by atoms with Gasteiger partial charge in [0, 0.05) is 5.02 Å². The summed E-state index contributed by atoms with van der Waals surface area (Å²) in [5, 5.41) is 3.39. The van der Waals surface area contributed by atoms with E-state index in [0.29, 0.717) is 15.7 Å². The molecule has 2 aromatic carbocycles. The lowest BCUT2D eigenvalue weighted by atomic mass is 10.3. The number of anilines is 1. The fourth-order valence-electron chi connectivity index (χ4n) is 1.70. The zero-order valence-corrected chi connectivity index (χ0v) is 13.4. The second-order valence-electron chi connectivity index (χ2n) is 4.59. The molecule has 0 aromatic heterocycles. The second-order valence-corrected chi connectivity index (χ2v) is 5.43. The van der Waals surface area contributed by atoms with Crippen LogP contribution in [0.15, 0.2) is 48.5 Å². The van der Waals surface area contributed by atoms with Crippen molar-refractivity contribution in [2.45, 2.75) is 13.0 Å². The zero-order valence-electron chi connectivity index (χ0n) is 11.9. The van der Waals surface area contributed by atoms with E-state index in [2.05, 4.69) is 5.32 Å². The lowest BCUT2D eigenvalue weighted by molar-refractivity contribution is 0.0992. The molecule has 0 aliphatic rings. The van der Waals surface area contributed by atoms with E-state index in [9.17, 15) is 4.79 Å². The van der Waals surface area contributed by atoms with Crippen LogP contribution in [0.25, 0.3) is 0 Å². The van der Waals surface area contributed by atoms with Gasteiger partial charge < -0.3 is 9.47 Å². The summed E-state index contributed by atoms with van der Waals surface area (Å²) in [4.78, 5) is 11.7. The quantitative estimate of drug-likeness (QED) is 0.832. The molecule has 0 aliphatic heterocycles. The number of ether oxygens (including phenoxy) is 2. The smallest absolute Gasteiger partial charge is 0.411 e. The first-order chi connectivity index (χ1) is 10.5.